The van der Waals surface area contributed by atoms with Crippen molar-refractivity contribution in [3.8, 4) is 11.5 Å². The lowest BCUT2D eigenvalue weighted by Crippen LogP contribution is -2.12. The first-order chi connectivity index (χ1) is 11.3. The summed E-state index contributed by atoms with van der Waals surface area (Å²) in [5.74, 6) is -0.209. The van der Waals surface area contributed by atoms with Crippen LogP contribution in [0.4, 0.5) is 18.3 Å². The standard InChI is InChI=1S/C13H11ClF3N3O3S/c1-3-23-9-7(14)4-6(5-8(9)22-2)10(21)18-12-20-19-11(24-12)13(15,16)17/h4-5H,3H2,1-2H3,(H,18,20,21). The summed E-state index contributed by atoms with van der Waals surface area (Å²) >= 11 is 6.26. The third kappa shape index (κ3) is 4.06. The number of halogens is 4. The van der Waals surface area contributed by atoms with Crippen molar-refractivity contribution >= 4 is 34.0 Å². The van der Waals surface area contributed by atoms with Gasteiger partial charge < -0.3 is 9.47 Å². The molecule has 1 N–H and O–H groups in total. The SMILES string of the molecule is CCOc1c(Cl)cc(C(=O)Nc2nnc(C(F)(F)F)s2)cc1OC. The number of benzene rings is 1. The Morgan fingerprint density at radius 2 is 2.08 bits per heavy atom. The molecule has 0 saturated heterocycles. The first kappa shape index (κ1) is 18.3. The number of amides is 1. The lowest BCUT2D eigenvalue weighted by Gasteiger charge is -2.12. The molecule has 0 bridgehead atoms. The molecule has 2 aromatic rings. The van der Waals surface area contributed by atoms with Gasteiger partial charge in [-0.15, -0.1) is 10.2 Å². The Morgan fingerprint density at radius 3 is 2.62 bits per heavy atom. The van der Waals surface area contributed by atoms with Crippen LogP contribution in [0.15, 0.2) is 12.1 Å². The van der Waals surface area contributed by atoms with Crippen molar-refractivity contribution < 1.29 is 27.4 Å². The number of carbonyl (C=O) groups excluding carboxylic acids is 1. The second kappa shape index (κ2) is 7.22. The second-order valence-electron chi connectivity index (χ2n) is 4.29. The van der Waals surface area contributed by atoms with E-state index >= 15 is 0 Å². The number of carbonyl (C=O) groups is 1. The van der Waals surface area contributed by atoms with Crippen LogP contribution < -0.4 is 14.8 Å². The van der Waals surface area contributed by atoms with Crippen LogP contribution in [0.1, 0.15) is 22.3 Å². The van der Waals surface area contributed by atoms with Gasteiger partial charge in [0.05, 0.1) is 18.7 Å². The number of anilines is 1. The summed E-state index contributed by atoms with van der Waals surface area (Å²) in [4.78, 5) is 12.2. The maximum atomic E-state index is 12.5. The zero-order chi connectivity index (χ0) is 17.9. The Bertz CT molecular complexity index is 752. The number of methoxy groups -OCH3 is 1. The quantitative estimate of drug-likeness (QED) is 0.851. The van der Waals surface area contributed by atoms with Crippen LogP contribution in [0.3, 0.4) is 0 Å². The monoisotopic (exact) mass is 381 g/mol. The van der Waals surface area contributed by atoms with Crippen molar-refractivity contribution in [2.24, 2.45) is 0 Å². The van der Waals surface area contributed by atoms with Gasteiger partial charge in [-0.05, 0) is 19.1 Å². The van der Waals surface area contributed by atoms with Gasteiger partial charge in [0.1, 0.15) is 0 Å². The minimum Gasteiger partial charge on any atom is -0.493 e. The topological polar surface area (TPSA) is 73.3 Å². The van der Waals surface area contributed by atoms with E-state index in [9.17, 15) is 18.0 Å². The number of aromatic nitrogens is 2. The fraction of sp³-hybridized carbons (Fsp3) is 0.308. The molecule has 0 saturated carbocycles. The Morgan fingerprint density at radius 1 is 1.38 bits per heavy atom. The summed E-state index contributed by atoms with van der Waals surface area (Å²) in [6.45, 7) is 2.09. The molecule has 0 aliphatic carbocycles. The first-order valence-electron chi connectivity index (χ1n) is 6.48. The average Bonchev–Trinajstić information content (AvgIpc) is 2.97. The second-order valence-corrected chi connectivity index (χ2v) is 5.67. The molecule has 0 radical (unpaired) electrons. The van der Waals surface area contributed by atoms with Gasteiger partial charge in [0.25, 0.3) is 5.91 Å². The number of rotatable bonds is 5. The molecule has 1 heterocycles. The fourth-order valence-electron chi connectivity index (χ4n) is 1.69. The predicted molar refractivity (Wildman–Crippen MR) is 82.0 cm³/mol. The van der Waals surface area contributed by atoms with Gasteiger partial charge in [-0.3, -0.25) is 10.1 Å². The molecule has 24 heavy (non-hydrogen) atoms. The minimum atomic E-state index is -4.62. The number of ether oxygens (including phenoxy) is 2. The normalized spacial score (nSPS) is 11.2. The molecule has 0 unspecified atom stereocenters. The van der Waals surface area contributed by atoms with Crippen LogP contribution in [0.5, 0.6) is 11.5 Å². The van der Waals surface area contributed by atoms with Crippen LogP contribution in [-0.2, 0) is 6.18 Å². The summed E-state index contributed by atoms with van der Waals surface area (Å²) < 4.78 is 47.9. The van der Waals surface area contributed by atoms with Crippen molar-refractivity contribution in [1.29, 1.82) is 0 Å². The summed E-state index contributed by atoms with van der Waals surface area (Å²) in [5, 5.41) is 7.20. The number of hydrogen-bond acceptors (Lipinski definition) is 6. The Kier molecular flexibility index (Phi) is 5.50. The van der Waals surface area contributed by atoms with Gasteiger partial charge in [0.15, 0.2) is 11.5 Å². The van der Waals surface area contributed by atoms with E-state index in [0.717, 1.165) is 0 Å². The van der Waals surface area contributed by atoms with E-state index in [-0.39, 0.29) is 38.6 Å². The van der Waals surface area contributed by atoms with Gasteiger partial charge in [-0.1, -0.05) is 22.9 Å². The molecule has 130 valence electrons. The van der Waals surface area contributed by atoms with Gasteiger partial charge >= 0.3 is 6.18 Å². The van der Waals surface area contributed by atoms with E-state index < -0.39 is 17.1 Å². The highest BCUT2D eigenvalue weighted by Crippen LogP contribution is 2.37. The van der Waals surface area contributed by atoms with Crippen molar-refractivity contribution in [1.82, 2.24) is 10.2 Å². The Balaban J connectivity index is 2.24. The molecule has 11 heteroatoms. The van der Waals surface area contributed by atoms with Gasteiger partial charge in [-0.2, -0.15) is 13.2 Å². The van der Waals surface area contributed by atoms with Crippen molar-refractivity contribution in [2.45, 2.75) is 13.1 Å². The van der Waals surface area contributed by atoms with Crippen molar-refractivity contribution in [3.05, 3.63) is 27.7 Å². The molecule has 0 atom stereocenters. The van der Waals surface area contributed by atoms with E-state index in [1.165, 1.54) is 19.2 Å². The van der Waals surface area contributed by atoms with Crippen LogP contribution in [0.2, 0.25) is 5.02 Å². The lowest BCUT2D eigenvalue weighted by molar-refractivity contribution is -0.138. The highest BCUT2D eigenvalue weighted by Gasteiger charge is 2.35. The lowest BCUT2D eigenvalue weighted by atomic mass is 10.2. The van der Waals surface area contributed by atoms with Crippen LogP contribution in [-0.4, -0.2) is 29.8 Å². The summed E-state index contributed by atoms with van der Waals surface area (Å²) in [5.41, 5.74) is 0.0732. The smallest absolute Gasteiger partial charge is 0.445 e. The number of nitrogens with zero attached hydrogens (tertiary/aromatic N) is 2. The summed E-state index contributed by atoms with van der Waals surface area (Å²) in [6.07, 6.45) is -4.62. The molecule has 1 amide bonds. The van der Waals surface area contributed by atoms with Crippen molar-refractivity contribution in [3.63, 3.8) is 0 Å². The van der Waals surface area contributed by atoms with E-state index in [0.29, 0.717) is 6.61 Å². The number of alkyl halides is 3. The van der Waals surface area contributed by atoms with E-state index in [1.54, 1.807) is 6.92 Å². The minimum absolute atomic E-state index is 0.0732. The summed E-state index contributed by atoms with van der Waals surface area (Å²) in [7, 11) is 1.37. The van der Waals surface area contributed by atoms with E-state index in [1.807, 2.05) is 0 Å². The molecule has 1 aromatic heterocycles. The van der Waals surface area contributed by atoms with Crippen LogP contribution in [0, 0.1) is 0 Å². The fourth-order valence-corrected chi connectivity index (χ4v) is 2.56. The van der Waals surface area contributed by atoms with Gasteiger partial charge in [0, 0.05) is 5.56 Å². The third-order valence-corrected chi connectivity index (χ3v) is 3.83. The Labute approximate surface area is 143 Å². The molecule has 0 spiro atoms. The van der Waals surface area contributed by atoms with Crippen LogP contribution in [0.25, 0.3) is 0 Å². The maximum Gasteiger partial charge on any atom is 0.445 e. The van der Waals surface area contributed by atoms with E-state index in [2.05, 4.69) is 15.5 Å². The number of nitrogens with one attached hydrogen (secondary N) is 1. The summed E-state index contributed by atoms with van der Waals surface area (Å²) in [6, 6.07) is 2.67. The molecule has 1 aromatic carbocycles. The predicted octanol–water partition coefficient (Wildman–Crippen LogP) is 3.87. The van der Waals surface area contributed by atoms with Crippen LogP contribution >= 0.6 is 22.9 Å². The van der Waals surface area contributed by atoms with Gasteiger partial charge in [-0.25, -0.2) is 0 Å². The molecule has 0 aliphatic rings. The highest BCUT2D eigenvalue weighted by molar-refractivity contribution is 7.15. The molecule has 0 fully saturated rings. The molecule has 6 nitrogen and oxygen atoms in total. The maximum absolute atomic E-state index is 12.5. The third-order valence-electron chi connectivity index (χ3n) is 2.67. The average molecular weight is 382 g/mol. The molecule has 2 rings (SSSR count). The largest absolute Gasteiger partial charge is 0.493 e. The highest BCUT2D eigenvalue weighted by atomic mass is 35.5. The Hall–Kier alpha value is -2.07. The van der Waals surface area contributed by atoms with E-state index in [4.69, 9.17) is 21.1 Å². The zero-order valence-electron chi connectivity index (χ0n) is 12.4. The molecule has 0 aliphatic heterocycles. The molecular formula is C13H11ClF3N3O3S. The zero-order valence-corrected chi connectivity index (χ0v) is 14.0. The number of hydrogen-bond donors (Lipinski definition) is 1. The van der Waals surface area contributed by atoms with Crippen molar-refractivity contribution in [2.75, 3.05) is 19.0 Å². The van der Waals surface area contributed by atoms with Gasteiger partial charge in [0.2, 0.25) is 10.1 Å². The molecular weight excluding hydrogens is 371 g/mol. The first-order valence-corrected chi connectivity index (χ1v) is 7.68.